The SMILES string of the molecule is COc1ccc(Cn2nnc(C(=O)NC3CCC(C)(C)C3)c2C)cc1. The molecule has 1 aromatic carbocycles. The molecule has 1 aliphatic rings. The zero-order valence-corrected chi connectivity index (χ0v) is 15.4. The molecule has 1 amide bonds. The van der Waals surface area contributed by atoms with Crippen LogP contribution in [-0.2, 0) is 6.54 Å². The van der Waals surface area contributed by atoms with Crippen molar-refractivity contribution in [3.05, 3.63) is 41.2 Å². The molecule has 1 unspecified atom stereocenters. The summed E-state index contributed by atoms with van der Waals surface area (Å²) >= 11 is 0. The van der Waals surface area contributed by atoms with Crippen LogP contribution in [0.4, 0.5) is 0 Å². The minimum atomic E-state index is -0.124. The Bertz CT molecular complexity index is 749. The zero-order chi connectivity index (χ0) is 18.0. The van der Waals surface area contributed by atoms with Crippen LogP contribution in [0.5, 0.6) is 5.75 Å². The lowest BCUT2D eigenvalue weighted by molar-refractivity contribution is 0.0930. The summed E-state index contributed by atoms with van der Waals surface area (Å²) in [5.74, 6) is 0.694. The highest BCUT2D eigenvalue weighted by molar-refractivity contribution is 5.93. The van der Waals surface area contributed by atoms with Gasteiger partial charge in [-0.25, -0.2) is 4.68 Å². The summed E-state index contributed by atoms with van der Waals surface area (Å²) in [7, 11) is 1.65. The largest absolute Gasteiger partial charge is 0.497 e. The molecule has 6 heteroatoms. The minimum Gasteiger partial charge on any atom is -0.497 e. The average Bonchev–Trinajstić information content (AvgIpc) is 3.11. The van der Waals surface area contributed by atoms with E-state index in [-0.39, 0.29) is 11.9 Å². The third-order valence-corrected chi connectivity index (χ3v) is 4.99. The van der Waals surface area contributed by atoms with E-state index in [1.807, 2.05) is 31.2 Å². The fourth-order valence-corrected chi connectivity index (χ4v) is 3.44. The van der Waals surface area contributed by atoms with Crippen LogP contribution in [0, 0.1) is 12.3 Å². The highest BCUT2D eigenvalue weighted by atomic mass is 16.5. The molecule has 1 fully saturated rings. The Labute approximate surface area is 148 Å². The number of methoxy groups -OCH3 is 1. The zero-order valence-electron chi connectivity index (χ0n) is 15.4. The Morgan fingerprint density at radius 2 is 2.08 bits per heavy atom. The van der Waals surface area contributed by atoms with Crippen LogP contribution in [0.25, 0.3) is 0 Å². The topological polar surface area (TPSA) is 69.0 Å². The number of benzene rings is 1. The molecule has 1 N–H and O–H groups in total. The predicted octanol–water partition coefficient (Wildman–Crippen LogP) is 2.95. The lowest BCUT2D eigenvalue weighted by Gasteiger charge is -2.17. The van der Waals surface area contributed by atoms with Crippen molar-refractivity contribution in [2.24, 2.45) is 5.41 Å². The van der Waals surface area contributed by atoms with Gasteiger partial charge >= 0.3 is 0 Å². The van der Waals surface area contributed by atoms with Gasteiger partial charge in [-0.05, 0) is 49.3 Å². The van der Waals surface area contributed by atoms with Crippen molar-refractivity contribution in [2.75, 3.05) is 7.11 Å². The van der Waals surface area contributed by atoms with Crippen LogP contribution >= 0.6 is 0 Å². The standard InChI is InChI=1S/C19H26N4O2/c1-13-17(18(24)20-15-9-10-19(2,3)11-15)21-22-23(13)12-14-5-7-16(25-4)8-6-14/h5-8,15H,9-12H2,1-4H3,(H,20,24). The van der Waals surface area contributed by atoms with Crippen molar-refractivity contribution in [1.82, 2.24) is 20.3 Å². The van der Waals surface area contributed by atoms with Crippen molar-refractivity contribution in [3.63, 3.8) is 0 Å². The molecule has 25 heavy (non-hydrogen) atoms. The lowest BCUT2D eigenvalue weighted by Crippen LogP contribution is -2.34. The van der Waals surface area contributed by atoms with E-state index in [9.17, 15) is 4.79 Å². The van der Waals surface area contributed by atoms with E-state index in [2.05, 4.69) is 29.5 Å². The molecule has 1 atom stereocenters. The van der Waals surface area contributed by atoms with Gasteiger partial charge in [0.25, 0.3) is 5.91 Å². The van der Waals surface area contributed by atoms with Gasteiger partial charge in [-0.1, -0.05) is 31.2 Å². The highest BCUT2D eigenvalue weighted by Gasteiger charge is 2.32. The predicted molar refractivity (Wildman–Crippen MR) is 95.7 cm³/mol. The Morgan fingerprint density at radius 3 is 2.68 bits per heavy atom. The van der Waals surface area contributed by atoms with E-state index >= 15 is 0 Å². The van der Waals surface area contributed by atoms with Gasteiger partial charge in [0.1, 0.15) is 5.75 Å². The van der Waals surface area contributed by atoms with Crippen LogP contribution in [0.1, 0.15) is 54.9 Å². The summed E-state index contributed by atoms with van der Waals surface area (Å²) in [4.78, 5) is 12.5. The monoisotopic (exact) mass is 342 g/mol. The number of nitrogens with one attached hydrogen (secondary N) is 1. The Morgan fingerprint density at radius 1 is 1.36 bits per heavy atom. The van der Waals surface area contributed by atoms with E-state index in [0.717, 1.165) is 36.3 Å². The molecule has 0 aliphatic heterocycles. The van der Waals surface area contributed by atoms with Crippen LogP contribution in [0.15, 0.2) is 24.3 Å². The number of aromatic nitrogens is 3. The molecule has 0 spiro atoms. The third kappa shape index (κ3) is 4.00. The van der Waals surface area contributed by atoms with Gasteiger partial charge in [0.2, 0.25) is 0 Å². The molecule has 1 aliphatic carbocycles. The van der Waals surface area contributed by atoms with Gasteiger partial charge in [0.15, 0.2) is 5.69 Å². The number of amides is 1. The van der Waals surface area contributed by atoms with Gasteiger partial charge < -0.3 is 10.1 Å². The van der Waals surface area contributed by atoms with E-state index in [1.165, 1.54) is 0 Å². The number of hydrogen-bond donors (Lipinski definition) is 1. The molecule has 6 nitrogen and oxygen atoms in total. The summed E-state index contributed by atoms with van der Waals surface area (Å²) in [6, 6.07) is 8.03. The maximum absolute atomic E-state index is 12.5. The van der Waals surface area contributed by atoms with E-state index < -0.39 is 0 Å². The van der Waals surface area contributed by atoms with Gasteiger partial charge in [-0.2, -0.15) is 0 Å². The van der Waals surface area contributed by atoms with E-state index in [1.54, 1.807) is 11.8 Å². The molecule has 134 valence electrons. The minimum absolute atomic E-state index is 0.124. The smallest absolute Gasteiger partial charge is 0.273 e. The molecule has 2 aromatic rings. The number of carbonyl (C=O) groups excluding carboxylic acids is 1. The summed E-state index contributed by atoms with van der Waals surface area (Å²) < 4.78 is 6.93. The second-order valence-corrected chi connectivity index (χ2v) is 7.61. The number of rotatable bonds is 5. The van der Waals surface area contributed by atoms with Crippen molar-refractivity contribution in [2.45, 2.75) is 52.6 Å². The molecular formula is C19H26N4O2. The summed E-state index contributed by atoms with van der Waals surface area (Å²) in [6.45, 7) is 6.95. The first-order chi connectivity index (χ1) is 11.9. The first-order valence-electron chi connectivity index (χ1n) is 8.72. The first kappa shape index (κ1) is 17.5. The normalized spacial score (nSPS) is 19.0. The lowest BCUT2D eigenvalue weighted by atomic mass is 9.92. The first-order valence-corrected chi connectivity index (χ1v) is 8.72. The van der Waals surface area contributed by atoms with E-state index in [0.29, 0.717) is 17.7 Å². The highest BCUT2D eigenvalue weighted by Crippen LogP contribution is 2.36. The number of hydrogen-bond acceptors (Lipinski definition) is 4. The number of ether oxygens (including phenoxy) is 1. The van der Waals surface area contributed by atoms with Crippen molar-refractivity contribution in [1.29, 1.82) is 0 Å². The summed E-state index contributed by atoms with van der Waals surface area (Å²) in [5.41, 5.74) is 2.58. The number of carbonyl (C=O) groups is 1. The molecule has 0 radical (unpaired) electrons. The molecule has 3 rings (SSSR count). The molecule has 1 aromatic heterocycles. The Balaban J connectivity index is 1.66. The average molecular weight is 342 g/mol. The fourth-order valence-electron chi connectivity index (χ4n) is 3.44. The maximum Gasteiger partial charge on any atom is 0.273 e. The molecular weight excluding hydrogens is 316 g/mol. The van der Waals surface area contributed by atoms with Gasteiger partial charge in [0.05, 0.1) is 19.3 Å². The second kappa shape index (κ2) is 6.86. The van der Waals surface area contributed by atoms with Crippen molar-refractivity contribution in [3.8, 4) is 5.75 Å². The summed E-state index contributed by atoms with van der Waals surface area (Å²) in [5, 5.41) is 11.4. The quantitative estimate of drug-likeness (QED) is 0.907. The second-order valence-electron chi connectivity index (χ2n) is 7.61. The molecule has 0 bridgehead atoms. The van der Waals surface area contributed by atoms with E-state index in [4.69, 9.17) is 4.74 Å². The fraction of sp³-hybridized carbons (Fsp3) is 0.526. The Kier molecular flexibility index (Phi) is 4.79. The van der Waals surface area contributed by atoms with Crippen molar-refractivity contribution >= 4 is 5.91 Å². The van der Waals surface area contributed by atoms with Crippen molar-refractivity contribution < 1.29 is 9.53 Å². The summed E-state index contributed by atoms with van der Waals surface area (Å²) in [6.07, 6.45) is 3.18. The van der Waals surface area contributed by atoms with Crippen LogP contribution < -0.4 is 10.1 Å². The molecule has 0 saturated heterocycles. The molecule has 1 heterocycles. The maximum atomic E-state index is 12.5. The van der Waals surface area contributed by atoms with Gasteiger partial charge in [-0.15, -0.1) is 5.10 Å². The van der Waals surface area contributed by atoms with Gasteiger partial charge in [0, 0.05) is 6.04 Å². The van der Waals surface area contributed by atoms with Crippen LogP contribution in [-0.4, -0.2) is 34.1 Å². The van der Waals surface area contributed by atoms with Crippen LogP contribution in [0.2, 0.25) is 0 Å². The third-order valence-electron chi connectivity index (χ3n) is 4.99. The Hall–Kier alpha value is -2.37. The molecule has 1 saturated carbocycles. The van der Waals surface area contributed by atoms with Crippen LogP contribution in [0.3, 0.4) is 0 Å². The number of nitrogens with zero attached hydrogens (tertiary/aromatic N) is 3. The van der Waals surface area contributed by atoms with Gasteiger partial charge in [-0.3, -0.25) is 4.79 Å².